The van der Waals surface area contributed by atoms with Crippen LogP contribution in [-0.4, -0.2) is 24.3 Å². The highest BCUT2D eigenvalue weighted by Crippen LogP contribution is 2.74. The summed E-state index contributed by atoms with van der Waals surface area (Å²) in [5.74, 6) is 2.39. The second-order valence-corrected chi connectivity index (χ2v) is 16.0. The standard InChI is InChI=1S/C34H54O3.C2H6/c1-22-11-9-17-34(23(2)35)20-19-32(7)24(28(22)34)13-14-26-30(5)18-15-27-31(6,21-36-29(3,4)37-27)25(30)12-10-16-33(26,32)8;1-2/h13,22,25-28H,9-12,14-21H2,1-8H3;1-2H3/t22?,25?,26?,27?,28?,30?,31-,32-,33?,34?;/m1./s1. The third kappa shape index (κ3) is 3.97. The molecule has 6 aliphatic rings. The van der Waals surface area contributed by atoms with Gasteiger partial charge in [-0.3, -0.25) is 4.79 Å². The minimum Gasteiger partial charge on any atom is -0.350 e. The van der Waals surface area contributed by atoms with Crippen molar-refractivity contribution in [2.24, 2.45) is 50.7 Å². The fourth-order valence-electron chi connectivity index (χ4n) is 12.1. The highest BCUT2D eigenvalue weighted by Gasteiger charge is 2.68. The number of ether oxygens (including phenoxy) is 2. The van der Waals surface area contributed by atoms with Gasteiger partial charge in [-0.1, -0.05) is 79.4 Å². The van der Waals surface area contributed by atoms with Crippen LogP contribution < -0.4 is 0 Å². The van der Waals surface area contributed by atoms with Crippen LogP contribution in [0.15, 0.2) is 11.6 Å². The van der Waals surface area contributed by atoms with Crippen molar-refractivity contribution in [2.75, 3.05) is 6.61 Å². The fourth-order valence-corrected chi connectivity index (χ4v) is 12.1. The van der Waals surface area contributed by atoms with Crippen molar-refractivity contribution in [3.05, 3.63) is 11.6 Å². The van der Waals surface area contributed by atoms with Crippen molar-refractivity contribution in [1.82, 2.24) is 0 Å². The van der Waals surface area contributed by atoms with Gasteiger partial charge in [0.2, 0.25) is 0 Å². The van der Waals surface area contributed by atoms with Crippen LogP contribution in [0.1, 0.15) is 140 Å². The molecule has 0 amide bonds. The molecule has 5 fully saturated rings. The molecule has 4 saturated carbocycles. The zero-order valence-electron chi connectivity index (χ0n) is 27.2. The Morgan fingerprint density at radius 1 is 0.846 bits per heavy atom. The molecule has 1 saturated heterocycles. The van der Waals surface area contributed by atoms with Gasteiger partial charge in [-0.15, -0.1) is 0 Å². The third-order valence-electron chi connectivity index (χ3n) is 14.2. The van der Waals surface area contributed by atoms with Crippen molar-refractivity contribution in [3.63, 3.8) is 0 Å². The van der Waals surface area contributed by atoms with E-state index >= 15 is 0 Å². The minimum atomic E-state index is -0.463. The van der Waals surface area contributed by atoms with E-state index < -0.39 is 5.79 Å². The quantitative estimate of drug-likeness (QED) is 0.311. The molecule has 0 aromatic heterocycles. The fraction of sp³-hybridized carbons (Fsp3) is 0.917. The SMILES string of the molecule is CC.CC(=O)C12CCCC(C)C1C1=CCC3C4(C)CCC5OC(C)(C)OC[C@]5(C)C4CCCC3(C)[C@]1(C)CC2. The predicted molar refractivity (Wildman–Crippen MR) is 160 cm³/mol. The molecule has 1 heterocycles. The molecule has 0 radical (unpaired) electrons. The minimum absolute atomic E-state index is 0.0902. The van der Waals surface area contributed by atoms with Crippen LogP contribution in [0.2, 0.25) is 0 Å². The van der Waals surface area contributed by atoms with Gasteiger partial charge in [0.05, 0.1) is 12.7 Å². The van der Waals surface area contributed by atoms with Crippen molar-refractivity contribution in [1.29, 1.82) is 0 Å². The van der Waals surface area contributed by atoms with Gasteiger partial charge in [0.25, 0.3) is 0 Å². The largest absolute Gasteiger partial charge is 0.350 e. The van der Waals surface area contributed by atoms with Gasteiger partial charge in [-0.2, -0.15) is 0 Å². The Morgan fingerprint density at radius 3 is 2.23 bits per heavy atom. The summed E-state index contributed by atoms with van der Waals surface area (Å²) >= 11 is 0. The van der Waals surface area contributed by atoms with Gasteiger partial charge in [-0.25, -0.2) is 0 Å². The molecule has 39 heavy (non-hydrogen) atoms. The number of ketones is 1. The molecule has 8 unspecified atom stereocenters. The number of Topliss-reactive ketones (excluding diaryl/α,β-unsaturated/α-hetero) is 1. The van der Waals surface area contributed by atoms with Gasteiger partial charge >= 0.3 is 0 Å². The summed E-state index contributed by atoms with van der Waals surface area (Å²) in [5, 5.41) is 0. The third-order valence-corrected chi connectivity index (χ3v) is 14.2. The van der Waals surface area contributed by atoms with Crippen molar-refractivity contribution in [3.8, 4) is 0 Å². The molecular weight excluding hydrogens is 480 g/mol. The second kappa shape index (κ2) is 9.68. The van der Waals surface area contributed by atoms with Crippen LogP contribution in [-0.2, 0) is 14.3 Å². The summed E-state index contributed by atoms with van der Waals surface area (Å²) in [6.45, 7) is 23.9. The highest BCUT2D eigenvalue weighted by atomic mass is 16.7. The van der Waals surface area contributed by atoms with Gasteiger partial charge < -0.3 is 9.47 Å². The molecule has 0 N–H and O–H groups in total. The molecule has 6 rings (SSSR count). The first kappa shape index (κ1) is 29.8. The number of hydrogen-bond acceptors (Lipinski definition) is 3. The summed E-state index contributed by atoms with van der Waals surface area (Å²) in [6, 6.07) is 0. The van der Waals surface area contributed by atoms with Crippen molar-refractivity contribution in [2.45, 2.75) is 152 Å². The lowest BCUT2D eigenvalue weighted by atomic mass is 9.37. The lowest BCUT2D eigenvalue weighted by molar-refractivity contribution is -0.344. The first-order valence-corrected chi connectivity index (χ1v) is 16.8. The molecule has 10 atom stereocenters. The average Bonchev–Trinajstić information content (AvgIpc) is 3.01. The monoisotopic (exact) mass is 540 g/mol. The van der Waals surface area contributed by atoms with E-state index in [1.54, 1.807) is 5.57 Å². The summed E-state index contributed by atoms with van der Waals surface area (Å²) in [6.07, 6.45) is 16.5. The number of rotatable bonds is 1. The van der Waals surface area contributed by atoms with Gasteiger partial charge in [0.15, 0.2) is 5.79 Å². The number of allylic oxidation sites excluding steroid dienone is 2. The summed E-state index contributed by atoms with van der Waals surface area (Å²) < 4.78 is 13.0. The molecule has 0 bridgehead atoms. The van der Waals surface area contributed by atoms with Gasteiger partial charge in [0, 0.05) is 10.8 Å². The van der Waals surface area contributed by atoms with Crippen molar-refractivity contribution >= 4 is 5.78 Å². The van der Waals surface area contributed by atoms with E-state index in [0.29, 0.717) is 41.0 Å². The van der Waals surface area contributed by atoms with E-state index in [2.05, 4.69) is 54.5 Å². The second-order valence-electron chi connectivity index (χ2n) is 16.0. The van der Waals surface area contributed by atoms with E-state index in [-0.39, 0.29) is 21.7 Å². The lowest BCUT2D eigenvalue weighted by Crippen LogP contribution is -2.64. The molecule has 5 aliphatic carbocycles. The zero-order chi connectivity index (χ0) is 28.6. The van der Waals surface area contributed by atoms with E-state index in [1.165, 1.54) is 51.4 Å². The maximum atomic E-state index is 13.3. The molecule has 1 aliphatic heterocycles. The maximum absolute atomic E-state index is 13.3. The molecule has 222 valence electrons. The Hall–Kier alpha value is -0.670. The average molecular weight is 541 g/mol. The van der Waals surface area contributed by atoms with Crippen molar-refractivity contribution < 1.29 is 14.3 Å². The Labute approximate surface area is 240 Å². The van der Waals surface area contributed by atoms with Crippen LogP contribution in [0.3, 0.4) is 0 Å². The Kier molecular flexibility index (Phi) is 7.40. The predicted octanol–water partition coefficient (Wildman–Crippen LogP) is 9.53. The van der Waals surface area contributed by atoms with Crippen LogP contribution in [0, 0.1) is 50.7 Å². The highest BCUT2D eigenvalue weighted by molar-refractivity contribution is 5.84. The first-order valence-electron chi connectivity index (χ1n) is 16.8. The van der Waals surface area contributed by atoms with Crippen LogP contribution >= 0.6 is 0 Å². The van der Waals surface area contributed by atoms with E-state index in [0.717, 1.165) is 25.9 Å². The summed E-state index contributed by atoms with van der Waals surface area (Å²) in [5.41, 5.74) is 2.46. The topological polar surface area (TPSA) is 35.5 Å². The summed E-state index contributed by atoms with van der Waals surface area (Å²) in [7, 11) is 0. The van der Waals surface area contributed by atoms with Crippen LogP contribution in [0.25, 0.3) is 0 Å². The summed E-state index contributed by atoms with van der Waals surface area (Å²) in [4.78, 5) is 13.3. The number of fused-ring (bicyclic) bond motifs is 9. The number of carbonyl (C=O) groups is 1. The Morgan fingerprint density at radius 2 is 1.54 bits per heavy atom. The smallest absolute Gasteiger partial charge is 0.163 e. The van der Waals surface area contributed by atoms with E-state index in [1.807, 2.05) is 20.8 Å². The molecule has 3 heteroatoms. The lowest BCUT2D eigenvalue weighted by Gasteiger charge is -2.68. The number of hydrogen-bond donors (Lipinski definition) is 0. The van der Waals surface area contributed by atoms with Gasteiger partial charge in [0.1, 0.15) is 5.78 Å². The molecule has 0 aromatic carbocycles. The van der Waals surface area contributed by atoms with Crippen LogP contribution in [0.5, 0.6) is 0 Å². The Balaban J connectivity index is 0.00000151. The number of carbonyl (C=O) groups excluding carboxylic acids is 1. The van der Waals surface area contributed by atoms with Crippen LogP contribution in [0.4, 0.5) is 0 Å². The molecule has 0 aromatic rings. The van der Waals surface area contributed by atoms with E-state index in [4.69, 9.17) is 9.47 Å². The van der Waals surface area contributed by atoms with Gasteiger partial charge in [-0.05, 0) is 112 Å². The molecular formula is C36H60O3. The first-order chi connectivity index (χ1) is 18.2. The molecule has 3 nitrogen and oxygen atoms in total. The Bertz CT molecular complexity index is 997. The molecule has 0 spiro atoms. The zero-order valence-corrected chi connectivity index (χ0v) is 27.2. The maximum Gasteiger partial charge on any atom is 0.163 e. The normalized spacial score (nSPS) is 52.2. The van der Waals surface area contributed by atoms with E-state index in [9.17, 15) is 4.79 Å².